The lowest BCUT2D eigenvalue weighted by Crippen LogP contribution is -2.34. The zero-order valence-electron chi connectivity index (χ0n) is 11.5. The number of ether oxygens (including phenoxy) is 1. The molecule has 0 atom stereocenters. The third-order valence-corrected chi connectivity index (χ3v) is 4.21. The number of aromatic nitrogens is 1. The highest BCUT2D eigenvalue weighted by Gasteiger charge is 2.15. The van der Waals surface area contributed by atoms with Crippen LogP contribution in [0.5, 0.6) is 0 Å². The van der Waals surface area contributed by atoms with E-state index in [9.17, 15) is 4.79 Å². The van der Waals surface area contributed by atoms with Gasteiger partial charge in [0.25, 0.3) is 5.91 Å². The first-order valence-electron chi connectivity index (χ1n) is 6.71. The first-order chi connectivity index (χ1) is 9.16. The highest BCUT2D eigenvalue weighted by Crippen LogP contribution is 2.16. The molecule has 1 aromatic rings. The van der Waals surface area contributed by atoms with Gasteiger partial charge in [0, 0.05) is 6.54 Å². The van der Waals surface area contributed by atoms with E-state index < -0.39 is 0 Å². The zero-order valence-corrected chi connectivity index (χ0v) is 12.3. The van der Waals surface area contributed by atoms with E-state index in [-0.39, 0.29) is 5.91 Å². The maximum atomic E-state index is 11.9. The van der Waals surface area contributed by atoms with Gasteiger partial charge in [-0.25, -0.2) is 4.98 Å². The minimum Gasteiger partial charge on any atom is -0.376 e. The number of rotatable bonds is 5. The Morgan fingerprint density at radius 2 is 2.21 bits per heavy atom. The summed E-state index contributed by atoms with van der Waals surface area (Å²) < 4.78 is 5.74. The maximum Gasteiger partial charge on any atom is 0.263 e. The molecule has 6 heteroatoms. The summed E-state index contributed by atoms with van der Waals surface area (Å²) in [5.74, 6) is -0.0444. The molecule has 2 N–H and O–H groups in total. The summed E-state index contributed by atoms with van der Waals surface area (Å²) in [6, 6.07) is 0. The molecule has 0 bridgehead atoms. The number of piperidine rings is 1. The Hall–Kier alpha value is -0.980. The van der Waals surface area contributed by atoms with Crippen LogP contribution in [0.25, 0.3) is 0 Å². The van der Waals surface area contributed by atoms with E-state index in [1.54, 1.807) is 0 Å². The Labute approximate surface area is 117 Å². The minimum absolute atomic E-state index is 0.0444. The molecule has 1 saturated heterocycles. The molecule has 106 valence electrons. The Morgan fingerprint density at radius 1 is 1.47 bits per heavy atom. The van der Waals surface area contributed by atoms with Crippen LogP contribution in [0.3, 0.4) is 0 Å². The fourth-order valence-corrected chi connectivity index (χ4v) is 3.01. The van der Waals surface area contributed by atoms with Crippen LogP contribution in [-0.4, -0.2) is 43.2 Å². The van der Waals surface area contributed by atoms with E-state index in [2.05, 4.69) is 15.6 Å². The molecule has 2 rings (SSSR count). The van der Waals surface area contributed by atoms with Gasteiger partial charge in [-0.2, -0.15) is 0 Å². The summed E-state index contributed by atoms with van der Waals surface area (Å²) in [5, 5.41) is 7.11. The van der Waals surface area contributed by atoms with Crippen molar-refractivity contribution < 1.29 is 9.53 Å². The van der Waals surface area contributed by atoms with Gasteiger partial charge in [0.05, 0.1) is 23.4 Å². The normalized spacial score (nSPS) is 16.5. The van der Waals surface area contributed by atoms with Crippen molar-refractivity contribution in [2.24, 2.45) is 0 Å². The van der Waals surface area contributed by atoms with Gasteiger partial charge in [-0.05, 0) is 39.8 Å². The predicted molar refractivity (Wildman–Crippen MR) is 75.8 cm³/mol. The quantitative estimate of drug-likeness (QED) is 0.799. The van der Waals surface area contributed by atoms with E-state index in [0.29, 0.717) is 24.1 Å². The van der Waals surface area contributed by atoms with Gasteiger partial charge < -0.3 is 15.4 Å². The van der Waals surface area contributed by atoms with Crippen LogP contribution in [-0.2, 0) is 4.74 Å². The summed E-state index contributed by atoms with van der Waals surface area (Å²) in [4.78, 5) is 16.9. The minimum atomic E-state index is -0.0444. The number of carbonyl (C=O) groups excluding carboxylic acids is 1. The SMILES string of the molecule is Cc1nc(C)c(C(=O)NCCOC2CCNCC2)s1. The predicted octanol–water partition coefficient (Wildman–Crippen LogP) is 1.26. The van der Waals surface area contributed by atoms with E-state index in [0.717, 1.165) is 36.6 Å². The summed E-state index contributed by atoms with van der Waals surface area (Å²) in [7, 11) is 0. The second kappa shape index (κ2) is 6.98. The Balaban J connectivity index is 1.67. The number of aryl methyl sites for hydroxylation is 2. The molecular formula is C13H21N3O2S. The van der Waals surface area contributed by atoms with E-state index in [1.807, 2.05) is 13.8 Å². The second-order valence-electron chi connectivity index (χ2n) is 4.72. The van der Waals surface area contributed by atoms with Crippen LogP contribution in [0.4, 0.5) is 0 Å². The van der Waals surface area contributed by atoms with Gasteiger partial charge in [-0.1, -0.05) is 0 Å². The molecular weight excluding hydrogens is 262 g/mol. The lowest BCUT2D eigenvalue weighted by Gasteiger charge is -2.22. The lowest BCUT2D eigenvalue weighted by atomic mass is 10.1. The van der Waals surface area contributed by atoms with Gasteiger partial charge in [0.2, 0.25) is 0 Å². The van der Waals surface area contributed by atoms with Crippen LogP contribution < -0.4 is 10.6 Å². The second-order valence-corrected chi connectivity index (χ2v) is 5.93. The highest BCUT2D eigenvalue weighted by atomic mass is 32.1. The van der Waals surface area contributed by atoms with E-state index >= 15 is 0 Å². The lowest BCUT2D eigenvalue weighted by molar-refractivity contribution is 0.0343. The fourth-order valence-electron chi connectivity index (χ4n) is 2.17. The molecule has 2 heterocycles. The molecule has 0 saturated carbocycles. The van der Waals surface area contributed by atoms with E-state index in [1.165, 1.54) is 11.3 Å². The van der Waals surface area contributed by atoms with Crippen molar-refractivity contribution in [2.75, 3.05) is 26.2 Å². The summed E-state index contributed by atoms with van der Waals surface area (Å²) in [6.45, 7) is 6.96. The number of nitrogens with zero attached hydrogens (tertiary/aromatic N) is 1. The summed E-state index contributed by atoms with van der Waals surface area (Å²) in [6.07, 6.45) is 2.45. The van der Waals surface area contributed by atoms with Crippen molar-refractivity contribution >= 4 is 17.2 Å². The summed E-state index contributed by atoms with van der Waals surface area (Å²) >= 11 is 1.44. The van der Waals surface area contributed by atoms with Crippen LogP contribution in [0, 0.1) is 13.8 Å². The van der Waals surface area contributed by atoms with Crippen LogP contribution in [0.15, 0.2) is 0 Å². The number of nitrogens with one attached hydrogen (secondary N) is 2. The molecule has 1 amide bonds. The van der Waals surface area contributed by atoms with Crippen molar-refractivity contribution in [1.29, 1.82) is 0 Å². The third-order valence-electron chi connectivity index (χ3n) is 3.14. The molecule has 5 nitrogen and oxygen atoms in total. The Bertz CT molecular complexity index is 428. The average Bonchev–Trinajstić information content (AvgIpc) is 2.75. The Morgan fingerprint density at radius 3 is 2.84 bits per heavy atom. The molecule has 1 aromatic heterocycles. The van der Waals surface area contributed by atoms with Crippen molar-refractivity contribution in [2.45, 2.75) is 32.8 Å². The molecule has 0 radical (unpaired) electrons. The molecule has 1 fully saturated rings. The van der Waals surface area contributed by atoms with Crippen molar-refractivity contribution in [1.82, 2.24) is 15.6 Å². The summed E-state index contributed by atoms with van der Waals surface area (Å²) in [5.41, 5.74) is 0.805. The first kappa shape index (κ1) is 14.4. The molecule has 0 unspecified atom stereocenters. The molecule has 0 aliphatic carbocycles. The van der Waals surface area contributed by atoms with E-state index in [4.69, 9.17) is 4.74 Å². The number of hydrogen-bond donors (Lipinski definition) is 2. The molecule has 0 aromatic carbocycles. The average molecular weight is 283 g/mol. The highest BCUT2D eigenvalue weighted by molar-refractivity contribution is 7.13. The zero-order chi connectivity index (χ0) is 13.7. The van der Waals surface area contributed by atoms with Crippen LogP contribution in [0.1, 0.15) is 33.2 Å². The van der Waals surface area contributed by atoms with Gasteiger partial charge in [0.1, 0.15) is 4.88 Å². The molecule has 1 aliphatic rings. The van der Waals surface area contributed by atoms with Gasteiger partial charge >= 0.3 is 0 Å². The fraction of sp³-hybridized carbons (Fsp3) is 0.692. The molecule has 0 spiro atoms. The van der Waals surface area contributed by atoms with Gasteiger partial charge in [-0.3, -0.25) is 4.79 Å². The molecule has 1 aliphatic heterocycles. The van der Waals surface area contributed by atoms with Gasteiger partial charge in [-0.15, -0.1) is 11.3 Å². The van der Waals surface area contributed by atoms with Crippen molar-refractivity contribution in [3.63, 3.8) is 0 Å². The first-order valence-corrected chi connectivity index (χ1v) is 7.53. The van der Waals surface area contributed by atoms with Crippen LogP contribution >= 0.6 is 11.3 Å². The van der Waals surface area contributed by atoms with Crippen molar-refractivity contribution in [3.05, 3.63) is 15.6 Å². The number of hydrogen-bond acceptors (Lipinski definition) is 5. The monoisotopic (exact) mass is 283 g/mol. The van der Waals surface area contributed by atoms with Crippen LogP contribution in [0.2, 0.25) is 0 Å². The maximum absolute atomic E-state index is 11.9. The smallest absolute Gasteiger partial charge is 0.263 e. The third kappa shape index (κ3) is 4.26. The number of carbonyl (C=O) groups is 1. The Kier molecular flexibility index (Phi) is 5.30. The largest absolute Gasteiger partial charge is 0.376 e. The van der Waals surface area contributed by atoms with Crippen molar-refractivity contribution in [3.8, 4) is 0 Å². The molecule has 19 heavy (non-hydrogen) atoms. The van der Waals surface area contributed by atoms with Gasteiger partial charge in [0.15, 0.2) is 0 Å². The number of thiazole rings is 1. The topological polar surface area (TPSA) is 63.2 Å². The standard InChI is InChI=1S/C13H21N3O2S/c1-9-12(19-10(2)16-9)13(17)15-7-8-18-11-3-5-14-6-4-11/h11,14H,3-8H2,1-2H3,(H,15,17). The number of amides is 1.